The predicted molar refractivity (Wildman–Crippen MR) is 115 cm³/mol. The van der Waals surface area contributed by atoms with Crippen molar-refractivity contribution in [2.24, 2.45) is 0 Å². The van der Waals surface area contributed by atoms with Crippen LogP contribution in [0.3, 0.4) is 0 Å². The molecule has 2 aromatic carbocycles. The van der Waals surface area contributed by atoms with Crippen molar-refractivity contribution in [2.45, 2.75) is 49.9 Å². The highest BCUT2D eigenvalue weighted by molar-refractivity contribution is 7.99. The van der Waals surface area contributed by atoms with Gasteiger partial charge in [-0.25, -0.2) is 31.4 Å². The van der Waals surface area contributed by atoms with E-state index in [1.165, 1.54) is 36.7 Å². The van der Waals surface area contributed by atoms with Crippen molar-refractivity contribution in [1.82, 2.24) is 9.78 Å². The quantitative estimate of drug-likeness (QED) is 0.100. The summed E-state index contributed by atoms with van der Waals surface area (Å²) >= 11 is 0.152. The van der Waals surface area contributed by atoms with Crippen LogP contribution in [-0.4, -0.2) is 20.7 Å². The maximum atomic E-state index is 14.4. The summed E-state index contributed by atoms with van der Waals surface area (Å²) in [4.78, 5) is 22.1. The average molecular weight is 515 g/mol. The summed E-state index contributed by atoms with van der Waals surface area (Å²) in [5.41, 5.74) is -1.27. The summed E-state index contributed by atoms with van der Waals surface area (Å²) in [5.74, 6) is -12.0. The number of hydrogen-bond acceptors (Lipinski definition) is 6. The van der Waals surface area contributed by atoms with E-state index in [-0.39, 0.29) is 45.0 Å². The van der Waals surface area contributed by atoms with E-state index in [0.29, 0.717) is 0 Å². The topological polar surface area (TPSA) is 87.3 Å². The number of nitro benzene ring substituents is 1. The second-order valence-electron chi connectivity index (χ2n) is 8.40. The van der Waals surface area contributed by atoms with Gasteiger partial charge in [-0.2, -0.15) is 5.10 Å². The fourth-order valence-corrected chi connectivity index (χ4v) is 4.08. The third kappa shape index (κ3) is 4.72. The minimum atomic E-state index is -2.31. The molecule has 0 amide bonds. The van der Waals surface area contributed by atoms with Crippen LogP contribution in [0, 0.1) is 53.0 Å². The van der Waals surface area contributed by atoms with Gasteiger partial charge in [-0.1, -0.05) is 17.8 Å². The molecule has 0 saturated carbocycles. The Kier molecular flexibility index (Phi) is 6.93. The zero-order valence-corrected chi connectivity index (χ0v) is 19.8. The highest BCUT2D eigenvalue weighted by atomic mass is 32.2. The van der Waals surface area contributed by atoms with Gasteiger partial charge >= 0.3 is 5.97 Å². The minimum Gasteiger partial charge on any atom is -0.403 e. The lowest BCUT2D eigenvalue weighted by atomic mass is 10.1. The number of nitro groups is 1. The Morgan fingerprint density at radius 2 is 1.54 bits per heavy atom. The first-order valence-electron chi connectivity index (χ1n) is 9.92. The number of carbonyl (C=O) groups is 1. The van der Waals surface area contributed by atoms with Crippen LogP contribution >= 0.6 is 11.8 Å². The number of hydrogen-bond donors (Lipinski definition) is 0. The molecule has 0 unspecified atom stereocenters. The van der Waals surface area contributed by atoms with Gasteiger partial charge in [-0.3, -0.25) is 10.1 Å². The molecule has 0 radical (unpaired) electrons. The van der Waals surface area contributed by atoms with E-state index < -0.39 is 50.4 Å². The SMILES string of the molecule is Cc1nn(C(C)(C)C)c(OC(=O)c2cccc([N+](=O)[O-])c2C)c1Sc1c(F)c(F)c(F)c(F)c1F. The van der Waals surface area contributed by atoms with E-state index in [0.717, 1.165) is 0 Å². The van der Waals surface area contributed by atoms with Crippen LogP contribution in [0.25, 0.3) is 0 Å². The lowest BCUT2D eigenvalue weighted by Gasteiger charge is -2.22. The van der Waals surface area contributed by atoms with E-state index in [1.807, 2.05) is 0 Å². The van der Waals surface area contributed by atoms with E-state index in [4.69, 9.17) is 4.74 Å². The Bertz CT molecular complexity index is 1340. The molecular formula is C22H18F5N3O4S. The first-order valence-corrected chi connectivity index (χ1v) is 10.7. The Morgan fingerprint density at radius 1 is 1.00 bits per heavy atom. The van der Waals surface area contributed by atoms with Gasteiger partial charge in [-0.15, -0.1) is 0 Å². The molecule has 1 aromatic heterocycles. The number of aryl methyl sites for hydroxylation is 1. The summed E-state index contributed by atoms with van der Waals surface area (Å²) in [5, 5.41) is 15.4. The first-order chi connectivity index (χ1) is 16.2. The Balaban J connectivity index is 2.16. The van der Waals surface area contributed by atoms with E-state index in [9.17, 15) is 36.9 Å². The molecule has 35 heavy (non-hydrogen) atoms. The molecule has 0 spiro atoms. The highest BCUT2D eigenvalue weighted by Crippen LogP contribution is 2.43. The molecule has 0 bridgehead atoms. The highest BCUT2D eigenvalue weighted by Gasteiger charge is 2.32. The van der Waals surface area contributed by atoms with Crippen LogP contribution < -0.4 is 4.74 Å². The maximum absolute atomic E-state index is 14.4. The molecular weight excluding hydrogens is 497 g/mol. The van der Waals surface area contributed by atoms with Crippen molar-refractivity contribution in [1.29, 1.82) is 0 Å². The number of rotatable bonds is 5. The normalized spacial score (nSPS) is 11.6. The maximum Gasteiger partial charge on any atom is 0.345 e. The third-order valence-electron chi connectivity index (χ3n) is 4.89. The largest absolute Gasteiger partial charge is 0.403 e. The molecule has 0 saturated heterocycles. The lowest BCUT2D eigenvalue weighted by molar-refractivity contribution is -0.385. The Hall–Kier alpha value is -3.48. The van der Waals surface area contributed by atoms with Gasteiger partial charge < -0.3 is 4.74 Å². The molecule has 3 rings (SSSR count). The Labute approximate surface area is 200 Å². The smallest absolute Gasteiger partial charge is 0.345 e. The number of benzene rings is 2. The molecule has 7 nitrogen and oxygen atoms in total. The van der Waals surface area contributed by atoms with E-state index in [1.54, 1.807) is 20.8 Å². The predicted octanol–water partition coefficient (Wildman–Crippen LogP) is 6.23. The minimum absolute atomic E-state index is 0.00927. The van der Waals surface area contributed by atoms with Gasteiger partial charge in [0.1, 0.15) is 0 Å². The van der Waals surface area contributed by atoms with Crippen LogP contribution in [0.15, 0.2) is 28.0 Å². The standard InChI is InChI=1S/C22H18F5N3O4S/c1-9-11(7-6-8-12(9)30(32)33)21(31)34-20-18(10(2)28-29(20)22(3,4)5)35-19-16(26)14(24)13(23)15(25)17(19)27/h6-8H,1-5H3. The molecule has 0 atom stereocenters. The summed E-state index contributed by atoms with van der Waals surface area (Å²) < 4.78 is 76.3. The molecule has 0 N–H and O–H groups in total. The van der Waals surface area contributed by atoms with E-state index in [2.05, 4.69) is 5.10 Å². The lowest BCUT2D eigenvalue weighted by Crippen LogP contribution is -2.25. The fourth-order valence-electron chi connectivity index (χ4n) is 3.12. The number of esters is 1. The molecule has 1 heterocycles. The van der Waals surface area contributed by atoms with Crippen molar-refractivity contribution < 1.29 is 36.4 Å². The third-order valence-corrected chi connectivity index (χ3v) is 6.12. The van der Waals surface area contributed by atoms with Crippen LogP contribution in [0.4, 0.5) is 27.6 Å². The number of carbonyl (C=O) groups excluding carboxylic acids is 1. The van der Waals surface area contributed by atoms with Crippen molar-refractivity contribution in [3.05, 3.63) is 74.2 Å². The Morgan fingerprint density at radius 3 is 2.06 bits per heavy atom. The zero-order valence-electron chi connectivity index (χ0n) is 19.0. The molecule has 13 heteroatoms. The van der Waals surface area contributed by atoms with Crippen LogP contribution in [0.5, 0.6) is 5.88 Å². The van der Waals surface area contributed by atoms with Crippen LogP contribution in [0.1, 0.15) is 42.4 Å². The first kappa shape index (κ1) is 26.1. The summed E-state index contributed by atoms with van der Waals surface area (Å²) in [6, 6.07) is 3.75. The number of aromatic nitrogens is 2. The van der Waals surface area contributed by atoms with Crippen LogP contribution in [-0.2, 0) is 5.54 Å². The van der Waals surface area contributed by atoms with Crippen molar-refractivity contribution >= 4 is 23.4 Å². The number of ether oxygens (including phenoxy) is 1. The van der Waals surface area contributed by atoms with Gasteiger partial charge in [-0.05, 0) is 40.7 Å². The molecule has 0 aliphatic carbocycles. The second kappa shape index (κ2) is 9.29. The van der Waals surface area contributed by atoms with Gasteiger partial charge in [0.25, 0.3) is 5.69 Å². The van der Waals surface area contributed by atoms with Gasteiger partial charge in [0.15, 0.2) is 23.3 Å². The molecule has 0 aliphatic heterocycles. The summed E-state index contributed by atoms with van der Waals surface area (Å²) in [7, 11) is 0. The average Bonchev–Trinajstić information content (AvgIpc) is 3.09. The molecule has 3 aromatic rings. The summed E-state index contributed by atoms with van der Waals surface area (Å²) in [6.45, 7) is 7.74. The monoisotopic (exact) mass is 515 g/mol. The van der Waals surface area contributed by atoms with Crippen molar-refractivity contribution in [3.63, 3.8) is 0 Å². The van der Waals surface area contributed by atoms with Crippen LogP contribution in [0.2, 0.25) is 0 Å². The van der Waals surface area contributed by atoms with Gasteiger partial charge in [0.05, 0.1) is 31.5 Å². The number of nitrogens with zero attached hydrogens (tertiary/aromatic N) is 3. The fraction of sp³-hybridized carbons (Fsp3) is 0.273. The molecule has 186 valence electrons. The summed E-state index contributed by atoms with van der Waals surface area (Å²) in [6.07, 6.45) is 0. The van der Waals surface area contributed by atoms with E-state index >= 15 is 0 Å². The number of halogens is 5. The zero-order chi connectivity index (χ0) is 26.4. The van der Waals surface area contributed by atoms with Gasteiger partial charge in [0.2, 0.25) is 11.7 Å². The second-order valence-corrected chi connectivity index (χ2v) is 9.42. The van der Waals surface area contributed by atoms with Crippen molar-refractivity contribution in [3.8, 4) is 5.88 Å². The van der Waals surface area contributed by atoms with Crippen molar-refractivity contribution in [2.75, 3.05) is 0 Å². The van der Waals surface area contributed by atoms with Gasteiger partial charge in [0, 0.05) is 11.6 Å². The molecule has 0 aliphatic rings. The molecule has 0 fully saturated rings.